The minimum atomic E-state index is 0.0861. The van der Waals surface area contributed by atoms with Gasteiger partial charge in [0.2, 0.25) is 5.91 Å². The smallest absolute Gasteiger partial charge is 0.238 e. The first-order valence-corrected chi connectivity index (χ1v) is 10.2. The molecule has 2 aromatic carbocycles. The van der Waals surface area contributed by atoms with Crippen LogP contribution in [-0.2, 0) is 11.2 Å². The molecule has 132 valence electrons. The summed E-state index contributed by atoms with van der Waals surface area (Å²) in [4.78, 5) is 15.7. The van der Waals surface area contributed by atoms with Gasteiger partial charge in [0, 0.05) is 4.90 Å². The highest BCUT2D eigenvalue weighted by atomic mass is 32.2. The van der Waals surface area contributed by atoms with E-state index in [4.69, 9.17) is 0 Å². The second-order valence-corrected chi connectivity index (χ2v) is 7.51. The van der Waals surface area contributed by atoms with Gasteiger partial charge in [0.15, 0.2) is 0 Å². The molecule has 3 rings (SSSR count). The fraction of sp³-hybridized carbons (Fsp3) is 0.381. The fourth-order valence-electron chi connectivity index (χ4n) is 3.44. The van der Waals surface area contributed by atoms with Gasteiger partial charge in [-0.15, -0.1) is 11.8 Å². The minimum Gasteiger partial charge on any atom is -0.324 e. The first-order chi connectivity index (χ1) is 12.2. The van der Waals surface area contributed by atoms with E-state index in [1.807, 2.05) is 30.5 Å². The van der Waals surface area contributed by atoms with Gasteiger partial charge in [0.1, 0.15) is 0 Å². The third-order valence-corrected chi connectivity index (χ3v) is 5.62. The summed E-state index contributed by atoms with van der Waals surface area (Å²) in [5.41, 5.74) is 2.34. The Morgan fingerprint density at radius 3 is 2.48 bits per heavy atom. The van der Waals surface area contributed by atoms with E-state index in [0.29, 0.717) is 6.54 Å². The van der Waals surface area contributed by atoms with Gasteiger partial charge >= 0.3 is 0 Å². The summed E-state index contributed by atoms with van der Waals surface area (Å²) in [5, 5.41) is 3.06. The third-order valence-electron chi connectivity index (χ3n) is 4.82. The number of carbonyl (C=O) groups excluding carboxylic acids is 1. The van der Waals surface area contributed by atoms with Gasteiger partial charge in [-0.1, -0.05) is 42.5 Å². The highest BCUT2D eigenvalue weighted by molar-refractivity contribution is 7.98. The Bertz CT molecular complexity index is 681. The van der Waals surface area contributed by atoms with E-state index >= 15 is 0 Å². The number of rotatable bonds is 6. The van der Waals surface area contributed by atoms with Crippen LogP contribution in [0.4, 0.5) is 5.69 Å². The van der Waals surface area contributed by atoms with Crippen LogP contribution in [0.15, 0.2) is 59.5 Å². The summed E-state index contributed by atoms with van der Waals surface area (Å²) >= 11 is 1.66. The van der Waals surface area contributed by atoms with Crippen LogP contribution in [0.3, 0.4) is 0 Å². The Morgan fingerprint density at radius 1 is 1.08 bits per heavy atom. The highest BCUT2D eigenvalue weighted by Gasteiger charge is 2.21. The Balaban J connectivity index is 1.45. The third kappa shape index (κ3) is 5.35. The van der Waals surface area contributed by atoms with Crippen molar-refractivity contribution < 1.29 is 4.79 Å². The Hall–Kier alpha value is -1.78. The lowest BCUT2D eigenvalue weighted by atomic mass is 9.90. The molecular formula is C21H26N2OS. The predicted molar refractivity (Wildman–Crippen MR) is 106 cm³/mol. The molecule has 1 saturated heterocycles. The Morgan fingerprint density at radius 2 is 1.76 bits per heavy atom. The maximum atomic E-state index is 12.4. The van der Waals surface area contributed by atoms with Crippen LogP contribution in [0.1, 0.15) is 18.4 Å². The second-order valence-electron chi connectivity index (χ2n) is 6.66. The number of anilines is 1. The molecule has 1 aliphatic rings. The molecule has 3 nitrogen and oxygen atoms in total. The first kappa shape index (κ1) is 18.0. The van der Waals surface area contributed by atoms with Gasteiger partial charge in [-0.05, 0) is 62.2 Å². The molecule has 0 atom stereocenters. The zero-order valence-corrected chi connectivity index (χ0v) is 15.6. The Labute approximate surface area is 154 Å². The number of benzene rings is 2. The van der Waals surface area contributed by atoms with E-state index in [-0.39, 0.29) is 5.91 Å². The maximum Gasteiger partial charge on any atom is 0.238 e. The molecule has 2 aromatic rings. The number of para-hydroxylation sites is 1. The monoisotopic (exact) mass is 354 g/mol. The van der Waals surface area contributed by atoms with Crippen LogP contribution in [-0.4, -0.2) is 36.7 Å². The average molecular weight is 355 g/mol. The van der Waals surface area contributed by atoms with Crippen molar-refractivity contribution in [2.75, 3.05) is 31.2 Å². The molecule has 0 aromatic heterocycles. The number of hydrogen-bond acceptors (Lipinski definition) is 3. The van der Waals surface area contributed by atoms with Gasteiger partial charge < -0.3 is 5.32 Å². The van der Waals surface area contributed by atoms with Gasteiger partial charge in [-0.2, -0.15) is 0 Å². The van der Waals surface area contributed by atoms with Crippen molar-refractivity contribution in [2.45, 2.75) is 24.2 Å². The molecule has 0 unspecified atom stereocenters. The summed E-state index contributed by atoms with van der Waals surface area (Å²) in [7, 11) is 0. The summed E-state index contributed by atoms with van der Waals surface area (Å²) < 4.78 is 0. The van der Waals surface area contributed by atoms with Crippen molar-refractivity contribution in [1.29, 1.82) is 0 Å². The van der Waals surface area contributed by atoms with Gasteiger partial charge in [-0.3, -0.25) is 9.69 Å². The van der Waals surface area contributed by atoms with E-state index in [0.717, 1.165) is 36.0 Å². The number of nitrogens with zero attached hydrogens (tertiary/aromatic N) is 1. The molecule has 1 aliphatic heterocycles. The quantitative estimate of drug-likeness (QED) is 0.785. The normalized spacial score (nSPS) is 15.9. The number of nitrogens with one attached hydrogen (secondary N) is 1. The van der Waals surface area contributed by atoms with Crippen molar-refractivity contribution in [3.05, 3.63) is 60.2 Å². The molecule has 1 amide bonds. The topological polar surface area (TPSA) is 32.3 Å². The summed E-state index contributed by atoms with van der Waals surface area (Å²) in [6.45, 7) is 2.50. The van der Waals surface area contributed by atoms with Gasteiger partial charge in [-0.25, -0.2) is 0 Å². The number of thioether (sulfide) groups is 1. The highest BCUT2D eigenvalue weighted by Crippen LogP contribution is 2.25. The lowest BCUT2D eigenvalue weighted by Crippen LogP contribution is -2.39. The van der Waals surface area contributed by atoms with Crippen molar-refractivity contribution in [1.82, 2.24) is 4.90 Å². The molecule has 1 heterocycles. The molecule has 1 N–H and O–H groups in total. The number of piperidine rings is 1. The number of amides is 1. The maximum absolute atomic E-state index is 12.4. The summed E-state index contributed by atoms with van der Waals surface area (Å²) in [6.07, 6.45) is 5.53. The van der Waals surface area contributed by atoms with Crippen LogP contribution in [0.2, 0.25) is 0 Å². The predicted octanol–water partition coefficient (Wildman–Crippen LogP) is 4.30. The van der Waals surface area contributed by atoms with E-state index in [1.165, 1.54) is 18.4 Å². The Kier molecular flexibility index (Phi) is 6.54. The SMILES string of the molecule is CSc1ccccc1NC(=O)CN1CCC(Cc2ccccc2)CC1. The van der Waals surface area contributed by atoms with Gasteiger partial charge in [0.25, 0.3) is 0 Å². The molecule has 0 aliphatic carbocycles. The molecular weight excluding hydrogens is 328 g/mol. The molecule has 0 spiro atoms. The average Bonchev–Trinajstić information content (AvgIpc) is 2.64. The number of hydrogen-bond donors (Lipinski definition) is 1. The van der Waals surface area contributed by atoms with Crippen LogP contribution in [0, 0.1) is 5.92 Å². The number of carbonyl (C=O) groups is 1. The van der Waals surface area contributed by atoms with Crippen molar-refractivity contribution in [3.8, 4) is 0 Å². The van der Waals surface area contributed by atoms with E-state index in [1.54, 1.807) is 11.8 Å². The molecule has 4 heteroatoms. The lowest BCUT2D eigenvalue weighted by molar-refractivity contribution is -0.117. The molecule has 25 heavy (non-hydrogen) atoms. The van der Waals surface area contributed by atoms with Gasteiger partial charge in [0.05, 0.1) is 12.2 Å². The standard InChI is InChI=1S/C21H26N2OS/c1-25-20-10-6-5-9-19(20)22-21(24)16-23-13-11-18(12-14-23)15-17-7-3-2-4-8-17/h2-10,18H,11-16H2,1H3,(H,22,24). The lowest BCUT2D eigenvalue weighted by Gasteiger charge is -2.31. The van der Waals surface area contributed by atoms with Crippen LogP contribution >= 0.6 is 11.8 Å². The zero-order valence-electron chi connectivity index (χ0n) is 14.8. The van der Waals surface area contributed by atoms with E-state index in [9.17, 15) is 4.79 Å². The fourth-order valence-corrected chi connectivity index (χ4v) is 3.99. The van der Waals surface area contributed by atoms with E-state index in [2.05, 4.69) is 40.5 Å². The molecule has 0 bridgehead atoms. The minimum absolute atomic E-state index is 0.0861. The zero-order chi connectivity index (χ0) is 17.5. The number of likely N-dealkylation sites (tertiary alicyclic amines) is 1. The largest absolute Gasteiger partial charge is 0.324 e. The van der Waals surface area contributed by atoms with E-state index < -0.39 is 0 Å². The first-order valence-electron chi connectivity index (χ1n) is 8.94. The van der Waals surface area contributed by atoms with Crippen molar-refractivity contribution in [2.24, 2.45) is 5.92 Å². The molecule has 0 saturated carbocycles. The molecule has 1 fully saturated rings. The van der Waals surface area contributed by atoms with Crippen LogP contribution < -0.4 is 5.32 Å². The van der Waals surface area contributed by atoms with Crippen LogP contribution in [0.25, 0.3) is 0 Å². The molecule has 0 radical (unpaired) electrons. The van der Waals surface area contributed by atoms with Crippen molar-refractivity contribution in [3.63, 3.8) is 0 Å². The summed E-state index contributed by atoms with van der Waals surface area (Å²) in [6, 6.07) is 18.7. The van der Waals surface area contributed by atoms with Crippen molar-refractivity contribution >= 4 is 23.4 Å². The van der Waals surface area contributed by atoms with Crippen LogP contribution in [0.5, 0.6) is 0 Å². The second kappa shape index (κ2) is 9.07. The summed E-state index contributed by atoms with van der Waals surface area (Å²) in [5.74, 6) is 0.821.